The summed E-state index contributed by atoms with van der Waals surface area (Å²) in [7, 11) is -2.22. The molecule has 1 atom stereocenters. The van der Waals surface area contributed by atoms with E-state index >= 15 is 0 Å². The molecule has 1 unspecified atom stereocenters. The molecule has 0 aliphatic carbocycles. The highest BCUT2D eigenvalue weighted by molar-refractivity contribution is 6.79. The standard InChI is InChI=1S/C16H20O2Si/c1-5-19(4,14-15-10-7-6-8-11-15)18-13-9-12-16(2,3)17/h1,6-8,10-11,17H,13-14H2,2-4H3. The summed E-state index contributed by atoms with van der Waals surface area (Å²) in [5, 5.41) is 9.48. The predicted octanol–water partition coefficient (Wildman–Crippen LogP) is 2.31. The molecule has 0 aliphatic rings. The number of hydrogen-bond donors (Lipinski definition) is 1. The predicted molar refractivity (Wildman–Crippen MR) is 80.6 cm³/mol. The second kappa shape index (κ2) is 6.59. The van der Waals surface area contributed by atoms with Crippen molar-refractivity contribution in [1.82, 2.24) is 0 Å². The van der Waals surface area contributed by atoms with E-state index in [1.54, 1.807) is 13.8 Å². The summed E-state index contributed by atoms with van der Waals surface area (Å²) >= 11 is 0. The van der Waals surface area contributed by atoms with E-state index in [1.807, 2.05) is 24.7 Å². The van der Waals surface area contributed by atoms with E-state index < -0.39 is 13.9 Å². The minimum atomic E-state index is -2.22. The summed E-state index contributed by atoms with van der Waals surface area (Å²) in [6.07, 6.45) is 5.61. The van der Waals surface area contributed by atoms with Crippen LogP contribution in [-0.4, -0.2) is 25.6 Å². The highest BCUT2D eigenvalue weighted by Gasteiger charge is 2.26. The molecule has 1 aromatic carbocycles. The van der Waals surface area contributed by atoms with Crippen LogP contribution >= 0.6 is 0 Å². The second-order valence-corrected chi connectivity index (χ2v) is 8.58. The van der Waals surface area contributed by atoms with Gasteiger partial charge >= 0.3 is 0 Å². The minimum absolute atomic E-state index is 0.268. The highest BCUT2D eigenvalue weighted by atomic mass is 28.4. The van der Waals surface area contributed by atoms with Gasteiger partial charge in [0.1, 0.15) is 5.60 Å². The van der Waals surface area contributed by atoms with E-state index in [-0.39, 0.29) is 6.61 Å². The van der Waals surface area contributed by atoms with Crippen molar-refractivity contribution in [3.63, 3.8) is 0 Å². The summed E-state index contributed by atoms with van der Waals surface area (Å²) in [5.74, 6) is 5.53. The van der Waals surface area contributed by atoms with E-state index in [9.17, 15) is 5.11 Å². The van der Waals surface area contributed by atoms with Gasteiger partial charge in [-0.15, -0.1) is 12.0 Å². The average molecular weight is 272 g/mol. The van der Waals surface area contributed by atoms with Crippen LogP contribution in [0.15, 0.2) is 30.3 Å². The van der Waals surface area contributed by atoms with Crippen molar-refractivity contribution in [2.24, 2.45) is 0 Å². The van der Waals surface area contributed by atoms with Gasteiger partial charge in [-0.1, -0.05) is 42.2 Å². The van der Waals surface area contributed by atoms with Crippen molar-refractivity contribution >= 4 is 8.32 Å². The van der Waals surface area contributed by atoms with Gasteiger partial charge in [-0.05, 0) is 26.0 Å². The smallest absolute Gasteiger partial charge is 0.274 e. The first-order chi connectivity index (χ1) is 8.85. The Labute approximate surface area is 116 Å². The fourth-order valence-corrected chi connectivity index (χ4v) is 3.27. The molecule has 1 aromatic rings. The van der Waals surface area contributed by atoms with Gasteiger partial charge in [0.05, 0.1) is 6.61 Å². The molecular weight excluding hydrogens is 252 g/mol. The van der Waals surface area contributed by atoms with Gasteiger partial charge < -0.3 is 9.53 Å². The monoisotopic (exact) mass is 272 g/mol. The van der Waals surface area contributed by atoms with Gasteiger partial charge in [0.2, 0.25) is 0 Å². The third-order valence-electron chi connectivity index (χ3n) is 2.55. The zero-order valence-electron chi connectivity index (χ0n) is 11.7. The first-order valence-corrected chi connectivity index (χ1v) is 8.84. The summed E-state index contributed by atoms with van der Waals surface area (Å²) in [6, 6.07) is 10.8. The molecule has 100 valence electrons. The van der Waals surface area contributed by atoms with Crippen LogP contribution in [0.2, 0.25) is 6.55 Å². The van der Waals surface area contributed by atoms with Gasteiger partial charge in [-0.25, -0.2) is 0 Å². The quantitative estimate of drug-likeness (QED) is 0.673. The molecular formula is C16H20O2Si. The molecule has 0 radical (unpaired) electrons. The Morgan fingerprint density at radius 1 is 1.32 bits per heavy atom. The molecule has 19 heavy (non-hydrogen) atoms. The summed E-state index contributed by atoms with van der Waals surface area (Å²) < 4.78 is 5.80. The maximum Gasteiger partial charge on any atom is 0.274 e. The number of terminal acetylenes is 1. The van der Waals surface area contributed by atoms with Crippen molar-refractivity contribution in [2.45, 2.75) is 32.0 Å². The number of hydrogen-bond acceptors (Lipinski definition) is 2. The van der Waals surface area contributed by atoms with Crippen LogP contribution in [0.5, 0.6) is 0 Å². The van der Waals surface area contributed by atoms with E-state index in [1.165, 1.54) is 5.56 Å². The lowest BCUT2D eigenvalue weighted by Crippen LogP contribution is -2.36. The van der Waals surface area contributed by atoms with Gasteiger partial charge in [0.15, 0.2) is 0 Å². The van der Waals surface area contributed by atoms with Crippen LogP contribution in [0, 0.1) is 23.8 Å². The molecule has 0 fully saturated rings. The van der Waals surface area contributed by atoms with E-state index in [4.69, 9.17) is 10.8 Å². The number of aliphatic hydroxyl groups is 1. The van der Waals surface area contributed by atoms with Crippen molar-refractivity contribution in [3.05, 3.63) is 35.9 Å². The Morgan fingerprint density at radius 2 is 1.95 bits per heavy atom. The lowest BCUT2D eigenvalue weighted by atomic mass is 10.1. The zero-order chi connectivity index (χ0) is 14.4. The fraction of sp³-hybridized carbons (Fsp3) is 0.375. The Balaban J connectivity index is 2.61. The summed E-state index contributed by atoms with van der Waals surface area (Å²) in [4.78, 5) is 0. The van der Waals surface area contributed by atoms with Gasteiger partial charge in [0, 0.05) is 6.04 Å². The fourth-order valence-electron chi connectivity index (χ4n) is 1.58. The van der Waals surface area contributed by atoms with E-state index in [0.29, 0.717) is 0 Å². The molecule has 2 nitrogen and oxygen atoms in total. The minimum Gasteiger partial charge on any atom is -0.394 e. The molecule has 0 amide bonds. The first kappa shape index (κ1) is 15.5. The van der Waals surface area contributed by atoms with E-state index in [2.05, 4.69) is 29.5 Å². The van der Waals surface area contributed by atoms with Gasteiger partial charge in [-0.2, -0.15) is 0 Å². The maximum atomic E-state index is 9.48. The Bertz CT molecular complexity index is 500. The van der Waals surface area contributed by atoms with Gasteiger partial charge in [0.25, 0.3) is 8.32 Å². The Hall–Kier alpha value is -1.52. The first-order valence-electron chi connectivity index (χ1n) is 6.23. The topological polar surface area (TPSA) is 29.5 Å². The van der Waals surface area contributed by atoms with Crippen LogP contribution in [-0.2, 0) is 10.5 Å². The summed E-state index contributed by atoms with van der Waals surface area (Å²) in [6.45, 7) is 5.55. The Morgan fingerprint density at radius 3 is 2.47 bits per heavy atom. The van der Waals surface area contributed by atoms with Crippen molar-refractivity contribution in [3.8, 4) is 23.8 Å². The third-order valence-corrected chi connectivity index (χ3v) is 5.02. The zero-order valence-corrected chi connectivity index (χ0v) is 12.7. The maximum absolute atomic E-state index is 9.48. The SMILES string of the molecule is C#C[Si](C)(Cc1ccccc1)OCC#CC(C)(C)O. The second-order valence-electron chi connectivity index (χ2n) is 5.19. The molecule has 0 aliphatic heterocycles. The average Bonchev–Trinajstić information content (AvgIpc) is 2.35. The largest absolute Gasteiger partial charge is 0.394 e. The molecule has 0 spiro atoms. The molecule has 3 heteroatoms. The van der Waals surface area contributed by atoms with E-state index in [0.717, 1.165) is 6.04 Å². The molecule has 1 N–H and O–H groups in total. The molecule has 0 bridgehead atoms. The van der Waals surface area contributed by atoms with Crippen molar-refractivity contribution < 1.29 is 9.53 Å². The van der Waals surface area contributed by atoms with Crippen LogP contribution in [0.25, 0.3) is 0 Å². The molecule has 1 rings (SSSR count). The normalized spacial score (nSPS) is 13.8. The summed E-state index contributed by atoms with van der Waals surface area (Å²) in [5.41, 5.74) is 3.01. The lowest BCUT2D eigenvalue weighted by Gasteiger charge is -2.20. The third kappa shape index (κ3) is 6.27. The van der Waals surface area contributed by atoms with Crippen LogP contribution in [0.3, 0.4) is 0 Å². The van der Waals surface area contributed by atoms with Crippen LogP contribution < -0.4 is 0 Å². The van der Waals surface area contributed by atoms with Crippen LogP contribution in [0.4, 0.5) is 0 Å². The number of rotatable bonds is 4. The van der Waals surface area contributed by atoms with Gasteiger partial charge in [-0.3, -0.25) is 0 Å². The molecule has 0 aromatic heterocycles. The van der Waals surface area contributed by atoms with Crippen molar-refractivity contribution in [1.29, 1.82) is 0 Å². The lowest BCUT2D eigenvalue weighted by molar-refractivity contribution is 0.143. The Kier molecular flexibility index (Phi) is 5.39. The van der Waals surface area contributed by atoms with Crippen molar-refractivity contribution in [2.75, 3.05) is 6.61 Å². The molecule has 0 heterocycles. The highest BCUT2D eigenvalue weighted by Crippen LogP contribution is 2.12. The molecule has 0 saturated carbocycles. The molecule has 0 saturated heterocycles. The number of benzene rings is 1. The van der Waals surface area contributed by atoms with Crippen LogP contribution in [0.1, 0.15) is 19.4 Å².